The average Bonchev–Trinajstić information content (AvgIpc) is 2.40. The summed E-state index contributed by atoms with van der Waals surface area (Å²) in [5.74, 6) is 1.35. The van der Waals surface area contributed by atoms with Crippen LogP contribution in [0, 0.1) is 5.92 Å². The molecule has 0 bridgehead atoms. The van der Waals surface area contributed by atoms with E-state index >= 15 is 0 Å². The van der Waals surface area contributed by atoms with Gasteiger partial charge in [0, 0.05) is 31.5 Å². The third-order valence-corrected chi connectivity index (χ3v) is 3.58. The molecule has 2 heterocycles. The average molecular weight is 250 g/mol. The van der Waals surface area contributed by atoms with E-state index in [9.17, 15) is 0 Å². The number of aliphatic hydroxyl groups is 1. The van der Waals surface area contributed by atoms with Crippen molar-refractivity contribution in [1.29, 1.82) is 0 Å². The molecule has 0 saturated carbocycles. The van der Waals surface area contributed by atoms with Gasteiger partial charge in [-0.15, -0.1) is 0 Å². The summed E-state index contributed by atoms with van der Waals surface area (Å²) in [5.41, 5.74) is 1.14. The summed E-state index contributed by atoms with van der Waals surface area (Å²) >= 11 is 0. The molecule has 0 aromatic carbocycles. The number of piperidine rings is 1. The first-order valence-corrected chi connectivity index (χ1v) is 6.64. The highest BCUT2D eigenvalue weighted by Gasteiger charge is 2.20. The van der Waals surface area contributed by atoms with E-state index in [2.05, 4.69) is 16.0 Å². The first kappa shape index (κ1) is 13.3. The van der Waals surface area contributed by atoms with E-state index in [1.807, 2.05) is 6.07 Å². The topological polar surface area (TPSA) is 45.6 Å². The molecule has 0 aliphatic carbocycles. The van der Waals surface area contributed by atoms with Crippen LogP contribution in [0.25, 0.3) is 0 Å². The molecule has 18 heavy (non-hydrogen) atoms. The lowest BCUT2D eigenvalue weighted by Gasteiger charge is -2.32. The van der Waals surface area contributed by atoms with Gasteiger partial charge in [0.25, 0.3) is 0 Å². The second-order valence-corrected chi connectivity index (χ2v) is 4.93. The molecule has 1 saturated heterocycles. The van der Waals surface area contributed by atoms with Crippen molar-refractivity contribution in [3.8, 4) is 5.88 Å². The number of hydrogen-bond acceptors (Lipinski definition) is 4. The fourth-order valence-corrected chi connectivity index (χ4v) is 2.68. The Labute approximate surface area is 109 Å². The molecule has 1 N–H and O–H groups in total. The Morgan fingerprint density at radius 3 is 3.22 bits per heavy atom. The Balaban J connectivity index is 1.96. The molecule has 1 aromatic heterocycles. The number of aromatic nitrogens is 1. The lowest BCUT2D eigenvalue weighted by Crippen LogP contribution is -2.35. The Morgan fingerprint density at radius 2 is 2.44 bits per heavy atom. The third kappa shape index (κ3) is 3.43. The van der Waals surface area contributed by atoms with Gasteiger partial charge in [0.05, 0.1) is 7.11 Å². The van der Waals surface area contributed by atoms with E-state index in [0.29, 0.717) is 12.5 Å². The minimum atomic E-state index is 0.300. The van der Waals surface area contributed by atoms with Crippen LogP contribution < -0.4 is 4.74 Å². The van der Waals surface area contributed by atoms with Crippen molar-refractivity contribution in [2.45, 2.75) is 25.8 Å². The predicted molar refractivity (Wildman–Crippen MR) is 70.5 cm³/mol. The van der Waals surface area contributed by atoms with Crippen LogP contribution >= 0.6 is 0 Å². The highest BCUT2D eigenvalue weighted by Crippen LogP contribution is 2.23. The van der Waals surface area contributed by atoms with E-state index < -0.39 is 0 Å². The molecule has 1 fully saturated rings. The van der Waals surface area contributed by atoms with Gasteiger partial charge in [-0.3, -0.25) is 4.90 Å². The van der Waals surface area contributed by atoms with Crippen LogP contribution in [0.15, 0.2) is 18.3 Å². The van der Waals surface area contributed by atoms with Crippen LogP contribution in [0.4, 0.5) is 0 Å². The molecule has 1 aromatic rings. The third-order valence-electron chi connectivity index (χ3n) is 3.58. The second kappa shape index (κ2) is 6.71. The minimum Gasteiger partial charge on any atom is -0.481 e. The Morgan fingerprint density at radius 1 is 1.56 bits per heavy atom. The summed E-state index contributed by atoms with van der Waals surface area (Å²) in [4.78, 5) is 6.66. The fraction of sp³-hybridized carbons (Fsp3) is 0.643. The smallest absolute Gasteiger partial charge is 0.217 e. The molecule has 2 rings (SSSR count). The van der Waals surface area contributed by atoms with Crippen molar-refractivity contribution in [3.63, 3.8) is 0 Å². The maximum Gasteiger partial charge on any atom is 0.217 e. The van der Waals surface area contributed by atoms with Gasteiger partial charge in [-0.2, -0.15) is 0 Å². The Bertz CT molecular complexity index is 369. The standard InChI is InChI=1S/C14H22N2O2/c1-18-14-13(5-2-7-15-14)11-16-8-3-4-12(10-16)6-9-17/h2,5,7,12,17H,3-4,6,8-11H2,1H3. The molecule has 100 valence electrons. The molecular formula is C14H22N2O2. The Kier molecular flexibility index (Phi) is 4.96. The van der Waals surface area contributed by atoms with Crippen LogP contribution in [0.2, 0.25) is 0 Å². The van der Waals surface area contributed by atoms with Gasteiger partial charge in [0.2, 0.25) is 5.88 Å². The van der Waals surface area contributed by atoms with Gasteiger partial charge >= 0.3 is 0 Å². The van der Waals surface area contributed by atoms with E-state index in [4.69, 9.17) is 9.84 Å². The lowest BCUT2D eigenvalue weighted by atomic mass is 9.95. The maximum absolute atomic E-state index is 9.03. The first-order valence-electron chi connectivity index (χ1n) is 6.64. The molecular weight excluding hydrogens is 228 g/mol. The van der Waals surface area contributed by atoms with Gasteiger partial charge in [-0.05, 0) is 37.8 Å². The van der Waals surface area contributed by atoms with Crippen molar-refractivity contribution >= 4 is 0 Å². The van der Waals surface area contributed by atoms with E-state index in [-0.39, 0.29) is 0 Å². The fourth-order valence-electron chi connectivity index (χ4n) is 2.68. The van der Waals surface area contributed by atoms with Crippen molar-refractivity contribution < 1.29 is 9.84 Å². The van der Waals surface area contributed by atoms with Crippen LogP contribution in [0.1, 0.15) is 24.8 Å². The molecule has 4 nitrogen and oxygen atoms in total. The van der Waals surface area contributed by atoms with Gasteiger partial charge in [0.1, 0.15) is 0 Å². The molecule has 1 atom stereocenters. The maximum atomic E-state index is 9.03. The number of aliphatic hydroxyl groups excluding tert-OH is 1. The van der Waals surface area contributed by atoms with Crippen LogP contribution in [0.5, 0.6) is 5.88 Å². The SMILES string of the molecule is COc1ncccc1CN1CCCC(CCO)C1. The van der Waals surface area contributed by atoms with E-state index in [0.717, 1.165) is 37.5 Å². The number of methoxy groups -OCH3 is 1. The number of ether oxygens (including phenoxy) is 1. The summed E-state index contributed by atoms with van der Waals surface area (Å²) in [5, 5.41) is 9.03. The van der Waals surface area contributed by atoms with Gasteiger partial charge in [-0.25, -0.2) is 4.98 Å². The number of hydrogen-bond donors (Lipinski definition) is 1. The zero-order valence-electron chi connectivity index (χ0n) is 11.0. The molecule has 4 heteroatoms. The van der Waals surface area contributed by atoms with Crippen LogP contribution in [-0.4, -0.2) is 41.8 Å². The van der Waals surface area contributed by atoms with Gasteiger partial charge in [0.15, 0.2) is 0 Å². The van der Waals surface area contributed by atoms with Gasteiger partial charge in [-0.1, -0.05) is 6.07 Å². The summed E-state index contributed by atoms with van der Waals surface area (Å²) in [6.45, 7) is 3.38. The van der Waals surface area contributed by atoms with Crippen LogP contribution in [0.3, 0.4) is 0 Å². The molecule has 1 unspecified atom stereocenters. The normalized spacial score (nSPS) is 20.9. The van der Waals surface area contributed by atoms with Crippen molar-refractivity contribution in [2.75, 3.05) is 26.8 Å². The summed E-state index contributed by atoms with van der Waals surface area (Å²) in [6.07, 6.45) is 5.13. The van der Waals surface area contributed by atoms with Crippen LogP contribution in [-0.2, 0) is 6.54 Å². The molecule has 0 amide bonds. The second-order valence-electron chi connectivity index (χ2n) is 4.93. The number of pyridine rings is 1. The van der Waals surface area contributed by atoms with Gasteiger partial charge < -0.3 is 9.84 Å². The van der Waals surface area contributed by atoms with Crippen molar-refractivity contribution in [2.24, 2.45) is 5.92 Å². The summed E-state index contributed by atoms with van der Waals surface area (Å²) in [7, 11) is 1.66. The molecule has 1 aliphatic rings. The quantitative estimate of drug-likeness (QED) is 0.863. The zero-order valence-corrected chi connectivity index (χ0v) is 11.0. The van der Waals surface area contributed by atoms with Crippen molar-refractivity contribution in [3.05, 3.63) is 23.9 Å². The van der Waals surface area contributed by atoms with Crippen molar-refractivity contribution in [1.82, 2.24) is 9.88 Å². The molecule has 0 spiro atoms. The zero-order chi connectivity index (χ0) is 12.8. The highest BCUT2D eigenvalue weighted by atomic mass is 16.5. The molecule has 1 aliphatic heterocycles. The Hall–Kier alpha value is -1.13. The highest BCUT2D eigenvalue weighted by molar-refractivity contribution is 5.25. The number of nitrogens with zero attached hydrogens (tertiary/aromatic N) is 2. The number of rotatable bonds is 5. The first-order chi connectivity index (χ1) is 8.83. The predicted octanol–water partition coefficient (Wildman–Crippen LogP) is 1.68. The number of likely N-dealkylation sites (tertiary alicyclic amines) is 1. The summed E-state index contributed by atoms with van der Waals surface area (Å²) in [6, 6.07) is 4.02. The lowest BCUT2D eigenvalue weighted by molar-refractivity contribution is 0.141. The van der Waals surface area contributed by atoms with E-state index in [1.165, 1.54) is 12.8 Å². The summed E-state index contributed by atoms with van der Waals surface area (Å²) < 4.78 is 5.28. The minimum absolute atomic E-state index is 0.300. The molecule has 0 radical (unpaired) electrons. The largest absolute Gasteiger partial charge is 0.481 e. The van der Waals surface area contributed by atoms with E-state index in [1.54, 1.807) is 13.3 Å². The monoisotopic (exact) mass is 250 g/mol.